The smallest absolute Gasteiger partial charge is 0.202 e. The average molecular weight is 486 g/mol. The number of hydrazine groups is 1. The number of hydrogen-bond acceptors (Lipinski definition) is 7. The molecule has 0 atom stereocenters. The zero-order valence-electron chi connectivity index (χ0n) is 18.9. The van der Waals surface area contributed by atoms with Gasteiger partial charge in [0.15, 0.2) is 17.4 Å². The molecule has 2 heterocycles. The van der Waals surface area contributed by atoms with Crippen LogP contribution in [0.1, 0.15) is 18.4 Å². The highest BCUT2D eigenvalue weighted by Gasteiger charge is 2.24. The number of halogens is 3. The molecule has 184 valence electrons. The third kappa shape index (κ3) is 5.31. The summed E-state index contributed by atoms with van der Waals surface area (Å²) in [6.45, 7) is 2.81. The Balaban J connectivity index is 1.56. The van der Waals surface area contributed by atoms with Crippen molar-refractivity contribution in [2.75, 3.05) is 37.0 Å². The number of benzene rings is 2. The van der Waals surface area contributed by atoms with Crippen LogP contribution in [0.4, 0.5) is 24.7 Å². The summed E-state index contributed by atoms with van der Waals surface area (Å²) >= 11 is 0. The van der Waals surface area contributed by atoms with Crippen LogP contribution in [0, 0.1) is 17.5 Å². The van der Waals surface area contributed by atoms with Crippen molar-refractivity contribution in [3.8, 4) is 16.9 Å². The summed E-state index contributed by atoms with van der Waals surface area (Å²) in [5, 5.41) is 4.43. The minimum atomic E-state index is -1.23. The van der Waals surface area contributed by atoms with Crippen LogP contribution in [-0.2, 0) is 0 Å². The van der Waals surface area contributed by atoms with Crippen LogP contribution in [0.15, 0.2) is 53.8 Å². The van der Waals surface area contributed by atoms with E-state index < -0.39 is 17.5 Å². The van der Waals surface area contributed by atoms with Gasteiger partial charge in [-0.1, -0.05) is 12.1 Å². The van der Waals surface area contributed by atoms with E-state index in [1.54, 1.807) is 18.2 Å². The molecule has 0 saturated carbocycles. The molecule has 0 spiro atoms. The van der Waals surface area contributed by atoms with Crippen molar-refractivity contribution in [2.45, 2.75) is 12.8 Å². The van der Waals surface area contributed by atoms with Crippen molar-refractivity contribution < 1.29 is 17.9 Å². The molecule has 8 nitrogen and oxygen atoms in total. The fraction of sp³-hybridized carbons (Fsp3) is 0.250. The first kappa shape index (κ1) is 24.3. The Bertz CT molecular complexity index is 1210. The van der Waals surface area contributed by atoms with Crippen molar-refractivity contribution >= 4 is 17.3 Å². The fourth-order valence-corrected chi connectivity index (χ4v) is 3.94. The van der Waals surface area contributed by atoms with E-state index in [1.165, 1.54) is 30.5 Å². The molecular weight excluding hydrogens is 459 g/mol. The number of hydrazone groups is 1. The van der Waals surface area contributed by atoms with Gasteiger partial charge in [-0.05, 0) is 61.8 Å². The molecule has 0 unspecified atom stereocenters. The first-order valence-electron chi connectivity index (χ1n) is 11.1. The van der Waals surface area contributed by atoms with Gasteiger partial charge in [0.1, 0.15) is 18.2 Å². The third-order valence-corrected chi connectivity index (χ3v) is 5.84. The highest BCUT2D eigenvalue weighted by Crippen LogP contribution is 2.30. The van der Waals surface area contributed by atoms with Gasteiger partial charge in [-0.15, -0.1) is 0 Å². The Morgan fingerprint density at radius 2 is 1.74 bits per heavy atom. The van der Waals surface area contributed by atoms with E-state index in [4.69, 9.17) is 22.2 Å². The number of nitrogens with zero attached hydrogens (tertiary/aromatic N) is 4. The number of rotatable bonds is 7. The summed E-state index contributed by atoms with van der Waals surface area (Å²) in [5.41, 5.74) is 7.07. The first-order valence-corrected chi connectivity index (χ1v) is 11.1. The zero-order valence-corrected chi connectivity index (χ0v) is 18.9. The second-order valence-electron chi connectivity index (χ2n) is 8.09. The zero-order chi connectivity index (χ0) is 24.9. The highest BCUT2D eigenvalue weighted by molar-refractivity contribution is 6.12. The normalized spacial score (nSPS) is 14.3. The molecule has 11 heteroatoms. The van der Waals surface area contributed by atoms with E-state index >= 15 is 0 Å². The lowest BCUT2D eigenvalue weighted by Crippen LogP contribution is -2.40. The van der Waals surface area contributed by atoms with Crippen molar-refractivity contribution in [3.05, 3.63) is 71.7 Å². The first-order chi connectivity index (χ1) is 16.9. The van der Waals surface area contributed by atoms with Gasteiger partial charge in [0.05, 0.1) is 11.3 Å². The number of pyridine rings is 1. The standard InChI is InChI=1S/C24H26F3N7O/c25-17-5-3-15(4-6-17)16-13-18(23(28)31-14-16)24(32-29)34(30)19-7-8-20(22(27)21(19)26)35-12-11-33-9-1-2-10-33/h3-8,13-14H,1-2,9-12,29-30H2,(H2,28,31)/b32-24-. The summed E-state index contributed by atoms with van der Waals surface area (Å²) < 4.78 is 48.5. The van der Waals surface area contributed by atoms with Gasteiger partial charge >= 0.3 is 0 Å². The molecule has 35 heavy (non-hydrogen) atoms. The van der Waals surface area contributed by atoms with Gasteiger partial charge in [0.2, 0.25) is 5.82 Å². The molecule has 0 aliphatic carbocycles. The van der Waals surface area contributed by atoms with E-state index in [2.05, 4.69) is 15.0 Å². The van der Waals surface area contributed by atoms with Gasteiger partial charge in [0, 0.05) is 18.3 Å². The Morgan fingerprint density at radius 3 is 2.43 bits per heavy atom. The van der Waals surface area contributed by atoms with E-state index in [0.29, 0.717) is 17.7 Å². The topological polar surface area (TPSA) is 119 Å². The second kappa shape index (κ2) is 10.6. The molecule has 1 saturated heterocycles. The van der Waals surface area contributed by atoms with Gasteiger partial charge in [-0.2, -0.15) is 9.49 Å². The lowest BCUT2D eigenvalue weighted by atomic mass is 10.0. The van der Waals surface area contributed by atoms with Crippen LogP contribution in [0.25, 0.3) is 11.1 Å². The molecule has 0 radical (unpaired) electrons. The lowest BCUT2D eigenvalue weighted by molar-refractivity contribution is 0.229. The number of hydrogen-bond donors (Lipinski definition) is 3. The maximum absolute atomic E-state index is 15.0. The van der Waals surface area contributed by atoms with E-state index in [-0.39, 0.29) is 35.3 Å². The third-order valence-electron chi connectivity index (χ3n) is 5.84. The molecule has 0 bridgehead atoms. The Labute approximate surface area is 200 Å². The van der Waals surface area contributed by atoms with Crippen LogP contribution in [0.3, 0.4) is 0 Å². The molecule has 6 N–H and O–H groups in total. The van der Waals surface area contributed by atoms with Crippen LogP contribution < -0.4 is 27.2 Å². The Hall–Kier alpha value is -3.83. The summed E-state index contributed by atoms with van der Waals surface area (Å²) in [6.07, 6.45) is 3.74. The van der Waals surface area contributed by atoms with E-state index in [9.17, 15) is 13.2 Å². The number of ether oxygens (including phenoxy) is 1. The number of nitrogen functional groups attached to an aromatic ring is 1. The quantitative estimate of drug-likeness (QED) is 0.203. The largest absolute Gasteiger partial charge is 0.489 e. The number of likely N-dealkylation sites (tertiary alicyclic amines) is 1. The Morgan fingerprint density at radius 1 is 1.03 bits per heavy atom. The molecule has 3 aromatic rings. The maximum atomic E-state index is 15.0. The molecule has 2 aromatic carbocycles. The molecule has 1 aliphatic heterocycles. The van der Waals surface area contributed by atoms with Crippen LogP contribution in [-0.4, -0.2) is 42.0 Å². The Kier molecular flexibility index (Phi) is 7.37. The second-order valence-corrected chi connectivity index (χ2v) is 8.09. The number of amidine groups is 1. The fourth-order valence-electron chi connectivity index (χ4n) is 3.94. The van der Waals surface area contributed by atoms with E-state index in [1.807, 2.05) is 0 Å². The number of aromatic nitrogens is 1. The lowest BCUT2D eigenvalue weighted by Gasteiger charge is -2.22. The van der Waals surface area contributed by atoms with E-state index in [0.717, 1.165) is 30.9 Å². The van der Waals surface area contributed by atoms with Crippen LogP contribution in [0.5, 0.6) is 5.75 Å². The summed E-state index contributed by atoms with van der Waals surface area (Å²) in [4.78, 5) is 6.32. The predicted octanol–water partition coefficient (Wildman–Crippen LogP) is 3.22. The monoisotopic (exact) mass is 485 g/mol. The summed E-state index contributed by atoms with van der Waals surface area (Å²) in [6, 6.07) is 9.85. The highest BCUT2D eigenvalue weighted by atomic mass is 19.2. The van der Waals surface area contributed by atoms with Gasteiger partial charge in [0.25, 0.3) is 0 Å². The molecule has 4 rings (SSSR count). The van der Waals surface area contributed by atoms with Crippen LogP contribution in [0.2, 0.25) is 0 Å². The number of nitrogens with two attached hydrogens (primary N) is 3. The molecular formula is C24H26F3N7O. The van der Waals surface area contributed by atoms with Crippen molar-refractivity contribution in [3.63, 3.8) is 0 Å². The molecule has 1 aromatic heterocycles. The van der Waals surface area contributed by atoms with Crippen molar-refractivity contribution in [2.24, 2.45) is 16.8 Å². The number of anilines is 2. The minimum Gasteiger partial charge on any atom is -0.489 e. The predicted molar refractivity (Wildman–Crippen MR) is 129 cm³/mol. The molecule has 1 aliphatic rings. The van der Waals surface area contributed by atoms with Crippen LogP contribution >= 0.6 is 0 Å². The van der Waals surface area contributed by atoms with Gasteiger partial charge in [-0.25, -0.2) is 19.6 Å². The summed E-state index contributed by atoms with van der Waals surface area (Å²) in [7, 11) is 0. The summed E-state index contributed by atoms with van der Waals surface area (Å²) in [5.74, 6) is 8.49. The van der Waals surface area contributed by atoms with Crippen molar-refractivity contribution in [1.82, 2.24) is 9.88 Å². The average Bonchev–Trinajstić information content (AvgIpc) is 3.37. The SMILES string of the molecule is N/N=C(/c1cc(-c2ccc(F)cc2)cnc1N)N(N)c1ccc(OCCN2CCCC2)c(F)c1F. The van der Waals surface area contributed by atoms with Crippen molar-refractivity contribution in [1.29, 1.82) is 0 Å². The maximum Gasteiger partial charge on any atom is 0.202 e. The van der Waals surface area contributed by atoms with Gasteiger partial charge < -0.3 is 16.3 Å². The molecule has 1 fully saturated rings. The van der Waals surface area contributed by atoms with Gasteiger partial charge in [-0.3, -0.25) is 9.91 Å². The minimum absolute atomic E-state index is 0.0123. The molecule has 0 amide bonds.